The maximum Gasteiger partial charge on any atom is 0.256 e. The van der Waals surface area contributed by atoms with Crippen LogP contribution in [0, 0.1) is 5.41 Å². The molecule has 142 valence electrons. The number of nitrogens with zero attached hydrogens (tertiary/aromatic N) is 4. The third kappa shape index (κ3) is 4.03. The molecule has 2 fully saturated rings. The van der Waals surface area contributed by atoms with Crippen molar-refractivity contribution in [1.82, 2.24) is 19.8 Å². The normalized spacial score (nSPS) is 19.4. The standard InChI is InChI=1S/C19H28N4O3/c1-3-16-20-12-15(13-21-16)18(25)22-8-5-19(6-9-22)11-17(24)23(14-19)7-4-10-26-2/h12-13H,3-11,14H2,1-2H3. The van der Waals surface area contributed by atoms with Crippen molar-refractivity contribution in [2.24, 2.45) is 5.41 Å². The number of amides is 2. The molecule has 1 spiro atoms. The van der Waals surface area contributed by atoms with Gasteiger partial charge in [0.1, 0.15) is 5.82 Å². The lowest BCUT2D eigenvalue weighted by molar-refractivity contribution is -0.128. The molecule has 1 aromatic rings. The molecule has 2 saturated heterocycles. The van der Waals surface area contributed by atoms with Crippen molar-refractivity contribution < 1.29 is 14.3 Å². The van der Waals surface area contributed by atoms with Crippen LogP contribution in [0.2, 0.25) is 0 Å². The highest BCUT2D eigenvalue weighted by Gasteiger charge is 2.45. The van der Waals surface area contributed by atoms with Crippen LogP contribution in [0.25, 0.3) is 0 Å². The largest absolute Gasteiger partial charge is 0.385 e. The number of likely N-dealkylation sites (tertiary alicyclic amines) is 2. The first-order valence-corrected chi connectivity index (χ1v) is 9.44. The monoisotopic (exact) mass is 360 g/mol. The minimum atomic E-state index is -0.0104. The number of ether oxygens (including phenoxy) is 1. The number of carbonyl (C=O) groups is 2. The minimum absolute atomic E-state index is 0.0104. The van der Waals surface area contributed by atoms with Crippen molar-refractivity contribution in [3.8, 4) is 0 Å². The molecule has 0 unspecified atom stereocenters. The average Bonchev–Trinajstić information content (AvgIpc) is 2.97. The lowest BCUT2D eigenvalue weighted by Crippen LogP contribution is -2.44. The molecule has 26 heavy (non-hydrogen) atoms. The number of aryl methyl sites for hydroxylation is 1. The summed E-state index contributed by atoms with van der Waals surface area (Å²) in [6.45, 7) is 5.62. The van der Waals surface area contributed by atoms with Crippen LogP contribution in [0.1, 0.15) is 48.8 Å². The molecule has 2 aliphatic heterocycles. The van der Waals surface area contributed by atoms with Gasteiger partial charge in [-0.05, 0) is 19.3 Å². The molecule has 3 heterocycles. The molecule has 0 saturated carbocycles. The highest BCUT2D eigenvalue weighted by molar-refractivity contribution is 5.93. The van der Waals surface area contributed by atoms with Crippen LogP contribution in [0.15, 0.2) is 12.4 Å². The van der Waals surface area contributed by atoms with Gasteiger partial charge < -0.3 is 14.5 Å². The Morgan fingerprint density at radius 2 is 1.96 bits per heavy atom. The van der Waals surface area contributed by atoms with Crippen molar-refractivity contribution in [2.45, 2.75) is 39.0 Å². The van der Waals surface area contributed by atoms with Crippen molar-refractivity contribution in [3.05, 3.63) is 23.8 Å². The molecule has 0 bridgehead atoms. The van der Waals surface area contributed by atoms with Crippen LogP contribution in [-0.2, 0) is 16.0 Å². The van der Waals surface area contributed by atoms with Crippen LogP contribution in [0.3, 0.4) is 0 Å². The van der Waals surface area contributed by atoms with E-state index in [-0.39, 0.29) is 17.2 Å². The van der Waals surface area contributed by atoms with E-state index in [9.17, 15) is 9.59 Å². The number of aromatic nitrogens is 2. The minimum Gasteiger partial charge on any atom is -0.385 e. The number of hydrogen-bond acceptors (Lipinski definition) is 5. The van der Waals surface area contributed by atoms with Gasteiger partial charge in [0.15, 0.2) is 0 Å². The third-order valence-electron chi connectivity index (χ3n) is 5.56. The SMILES string of the molecule is CCc1ncc(C(=O)N2CCC3(CC2)CC(=O)N(CCCOC)C3)cn1. The molecule has 1 aromatic heterocycles. The fourth-order valence-electron chi connectivity index (χ4n) is 3.93. The maximum absolute atomic E-state index is 12.7. The molecule has 0 N–H and O–H groups in total. The fourth-order valence-corrected chi connectivity index (χ4v) is 3.93. The second-order valence-corrected chi connectivity index (χ2v) is 7.37. The molecule has 0 radical (unpaired) electrons. The van der Waals surface area contributed by atoms with E-state index in [1.807, 2.05) is 16.7 Å². The summed E-state index contributed by atoms with van der Waals surface area (Å²) in [6.07, 6.45) is 7.23. The summed E-state index contributed by atoms with van der Waals surface area (Å²) in [5.41, 5.74) is 0.575. The van der Waals surface area contributed by atoms with Crippen LogP contribution in [0.4, 0.5) is 0 Å². The first-order valence-electron chi connectivity index (χ1n) is 9.44. The first-order chi connectivity index (χ1) is 12.6. The zero-order valence-electron chi connectivity index (χ0n) is 15.7. The van der Waals surface area contributed by atoms with Gasteiger partial charge >= 0.3 is 0 Å². The molecular formula is C19H28N4O3. The lowest BCUT2D eigenvalue weighted by atomic mass is 9.77. The molecule has 7 heteroatoms. The Hall–Kier alpha value is -2.02. The first kappa shape index (κ1) is 18.8. The highest BCUT2D eigenvalue weighted by atomic mass is 16.5. The summed E-state index contributed by atoms with van der Waals surface area (Å²) in [6, 6.07) is 0. The number of methoxy groups -OCH3 is 1. The van der Waals surface area contributed by atoms with Gasteiger partial charge in [-0.15, -0.1) is 0 Å². The summed E-state index contributed by atoms with van der Waals surface area (Å²) < 4.78 is 5.08. The van der Waals surface area contributed by atoms with Gasteiger partial charge in [0.25, 0.3) is 5.91 Å². The lowest BCUT2D eigenvalue weighted by Gasteiger charge is -2.38. The Labute approximate surface area is 154 Å². The average molecular weight is 360 g/mol. The van der Waals surface area contributed by atoms with E-state index < -0.39 is 0 Å². The molecule has 7 nitrogen and oxygen atoms in total. The Morgan fingerprint density at radius 3 is 2.58 bits per heavy atom. The number of rotatable bonds is 6. The van der Waals surface area contributed by atoms with E-state index in [2.05, 4.69) is 9.97 Å². The number of carbonyl (C=O) groups excluding carboxylic acids is 2. The smallest absolute Gasteiger partial charge is 0.256 e. The van der Waals surface area contributed by atoms with E-state index >= 15 is 0 Å². The maximum atomic E-state index is 12.7. The van der Waals surface area contributed by atoms with Crippen molar-refractivity contribution in [3.63, 3.8) is 0 Å². The molecule has 0 aliphatic carbocycles. The van der Waals surface area contributed by atoms with E-state index in [4.69, 9.17) is 4.74 Å². The van der Waals surface area contributed by atoms with Crippen LogP contribution in [0.5, 0.6) is 0 Å². The summed E-state index contributed by atoms with van der Waals surface area (Å²) in [5, 5.41) is 0. The van der Waals surface area contributed by atoms with E-state index in [0.717, 1.165) is 44.6 Å². The van der Waals surface area contributed by atoms with E-state index in [1.165, 1.54) is 0 Å². The van der Waals surface area contributed by atoms with Gasteiger partial charge in [-0.3, -0.25) is 9.59 Å². The summed E-state index contributed by atoms with van der Waals surface area (Å²) in [4.78, 5) is 37.3. The molecule has 0 atom stereocenters. The molecule has 0 aromatic carbocycles. The fraction of sp³-hybridized carbons (Fsp3) is 0.684. The van der Waals surface area contributed by atoms with Gasteiger partial charge in [-0.1, -0.05) is 6.92 Å². The second kappa shape index (κ2) is 8.12. The quantitative estimate of drug-likeness (QED) is 0.719. The summed E-state index contributed by atoms with van der Waals surface area (Å²) in [7, 11) is 1.68. The Morgan fingerprint density at radius 1 is 1.27 bits per heavy atom. The third-order valence-corrected chi connectivity index (χ3v) is 5.56. The van der Waals surface area contributed by atoms with Crippen molar-refractivity contribution in [1.29, 1.82) is 0 Å². The van der Waals surface area contributed by atoms with Crippen LogP contribution in [-0.4, -0.2) is 71.5 Å². The number of piperidine rings is 1. The van der Waals surface area contributed by atoms with Gasteiger partial charge in [-0.2, -0.15) is 0 Å². The summed E-state index contributed by atoms with van der Waals surface area (Å²) in [5.74, 6) is 0.977. The van der Waals surface area contributed by atoms with Gasteiger partial charge in [0.2, 0.25) is 5.91 Å². The van der Waals surface area contributed by atoms with Crippen molar-refractivity contribution in [2.75, 3.05) is 39.9 Å². The second-order valence-electron chi connectivity index (χ2n) is 7.37. The predicted octanol–water partition coefficient (Wildman–Crippen LogP) is 1.53. The molecule has 2 aliphatic rings. The van der Waals surface area contributed by atoms with Crippen molar-refractivity contribution >= 4 is 11.8 Å². The Bertz CT molecular complexity index is 639. The van der Waals surface area contributed by atoms with Gasteiger partial charge in [0.05, 0.1) is 5.56 Å². The van der Waals surface area contributed by atoms with E-state index in [0.29, 0.717) is 31.7 Å². The molecule has 2 amide bonds. The Kier molecular flexibility index (Phi) is 5.86. The van der Waals surface area contributed by atoms with Gasteiger partial charge in [-0.25, -0.2) is 9.97 Å². The van der Waals surface area contributed by atoms with Crippen LogP contribution >= 0.6 is 0 Å². The van der Waals surface area contributed by atoms with Crippen LogP contribution < -0.4 is 0 Å². The van der Waals surface area contributed by atoms with E-state index in [1.54, 1.807) is 19.5 Å². The van der Waals surface area contributed by atoms with Gasteiger partial charge in [0, 0.05) is 70.5 Å². The molecular weight excluding hydrogens is 332 g/mol. The summed E-state index contributed by atoms with van der Waals surface area (Å²) >= 11 is 0. The highest BCUT2D eigenvalue weighted by Crippen LogP contribution is 2.41. The molecule has 3 rings (SSSR count). The zero-order valence-corrected chi connectivity index (χ0v) is 15.7. The predicted molar refractivity (Wildman–Crippen MR) is 96.7 cm³/mol. The Balaban J connectivity index is 1.55. The topological polar surface area (TPSA) is 75.6 Å². The zero-order chi connectivity index (χ0) is 18.6. The number of hydrogen-bond donors (Lipinski definition) is 0.